The molecule has 4 aromatic rings. The number of ether oxygens (including phenoxy) is 1. The minimum Gasteiger partial charge on any atom is -0.387 e. The monoisotopic (exact) mass is 890 g/mol. The lowest BCUT2D eigenvalue weighted by Gasteiger charge is -2.37. The summed E-state index contributed by atoms with van der Waals surface area (Å²) in [5, 5.41) is 33.4. The number of carbonyl (C=O) groups excluding carboxylic acids is 1. The maximum Gasteiger partial charge on any atom is 0.332 e. The summed E-state index contributed by atoms with van der Waals surface area (Å²) in [6.45, 7) is 15.0. The second-order valence-corrected chi connectivity index (χ2v) is 18.8. The van der Waals surface area contributed by atoms with Crippen LogP contribution in [0.1, 0.15) is 75.9 Å². The molecule has 0 spiro atoms. The second-order valence-electron chi connectivity index (χ2n) is 15.0. The molecule has 2 aromatic carbocycles. The van der Waals surface area contributed by atoms with Crippen LogP contribution in [0.4, 0.5) is 19.3 Å². The number of aromatic nitrogens is 2. The van der Waals surface area contributed by atoms with E-state index in [1.54, 1.807) is 18.4 Å². The van der Waals surface area contributed by atoms with Gasteiger partial charge in [-0.15, -0.1) is 5.26 Å². The van der Waals surface area contributed by atoms with Gasteiger partial charge in [-0.2, -0.15) is 10.5 Å². The van der Waals surface area contributed by atoms with E-state index in [4.69, 9.17) is 25.7 Å². The number of pyridine rings is 2. The van der Waals surface area contributed by atoms with Crippen molar-refractivity contribution in [3.8, 4) is 46.4 Å². The number of rotatable bonds is 11. The molecule has 0 saturated carbocycles. The van der Waals surface area contributed by atoms with Crippen molar-refractivity contribution < 1.29 is 35.1 Å². The highest BCUT2D eigenvalue weighted by atomic mass is 32.2. The molecule has 16 nitrogen and oxygen atoms in total. The van der Waals surface area contributed by atoms with E-state index in [-0.39, 0.29) is 34.2 Å². The number of nitrogens with zero attached hydrogens (tertiary/aromatic N) is 7. The number of halogens is 2. The van der Waals surface area contributed by atoms with Crippen molar-refractivity contribution in [1.29, 1.82) is 15.8 Å². The van der Waals surface area contributed by atoms with E-state index in [9.17, 15) is 30.4 Å². The SMILES string of the molecule is CC(C)c1cc(F)cc(-c2ccnc(C#N)c2)c1OC#N.CCN1CC(S(=O)(=O)NC(=O)Nc2c(-c3ccnc(C#N)c3)cc(F)cc2C(C)C)C1.CCN1CC(S(N)(=O)=O)C1. The fourth-order valence-corrected chi connectivity index (χ4v) is 8.63. The van der Waals surface area contributed by atoms with Gasteiger partial charge in [0.05, 0.1) is 5.69 Å². The number of carbonyl (C=O) groups is 1. The first kappa shape index (κ1) is 48.6. The van der Waals surface area contributed by atoms with E-state index in [0.717, 1.165) is 13.1 Å². The summed E-state index contributed by atoms with van der Waals surface area (Å²) in [6.07, 6.45) is 4.51. The predicted molar refractivity (Wildman–Crippen MR) is 229 cm³/mol. The van der Waals surface area contributed by atoms with Crippen molar-refractivity contribution in [2.45, 2.75) is 63.9 Å². The molecular weight excluding hydrogens is 843 g/mol. The zero-order valence-electron chi connectivity index (χ0n) is 35.1. The van der Waals surface area contributed by atoms with Gasteiger partial charge in [-0.25, -0.2) is 50.2 Å². The van der Waals surface area contributed by atoms with Gasteiger partial charge in [0.15, 0.2) is 5.75 Å². The van der Waals surface area contributed by atoms with E-state index in [1.165, 1.54) is 48.8 Å². The molecule has 2 saturated heterocycles. The normalized spacial score (nSPS) is 14.4. The highest BCUT2D eigenvalue weighted by molar-refractivity contribution is 7.90. The maximum atomic E-state index is 14.4. The minimum atomic E-state index is -3.85. The molecule has 0 atom stereocenters. The molecule has 2 fully saturated rings. The zero-order valence-corrected chi connectivity index (χ0v) is 36.7. The van der Waals surface area contributed by atoms with Crippen LogP contribution in [-0.2, 0) is 20.0 Å². The van der Waals surface area contributed by atoms with Gasteiger partial charge in [-0.1, -0.05) is 41.5 Å². The molecule has 62 heavy (non-hydrogen) atoms. The van der Waals surface area contributed by atoms with Crippen LogP contribution in [0.5, 0.6) is 5.75 Å². The summed E-state index contributed by atoms with van der Waals surface area (Å²) in [7, 11) is -7.10. The van der Waals surface area contributed by atoms with Gasteiger partial charge in [0.2, 0.25) is 20.0 Å². The van der Waals surface area contributed by atoms with Crippen LogP contribution in [0.3, 0.4) is 0 Å². The van der Waals surface area contributed by atoms with Crippen molar-refractivity contribution in [3.63, 3.8) is 0 Å². The van der Waals surface area contributed by atoms with Crippen LogP contribution in [0.15, 0.2) is 60.9 Å². The fraction of sp³-hybridized carbons (Fsp3) is 0.381. The molecule has 2 amide bonds. The molecule has 2 aliphatic heterocycles. The zero-order chi connectivity index (χ0) is 45.9. The molecular formula is C42H48F2N10O6S2. The van der Waals surface area contributed by atoms with Crippen LogP contribution < -0.4 is 19.9 Å². The number of likely N-dealkylation sites (tertiary alicyclic amines) is 2. The standard InChI is InChI=1S/C21H24FN5O3S.C16H12FN3O.C5H12N2O2S/c1-4-27-11-17(12-27)31(29,30)26-21(28)25-20-18(13(2)3)8-15(22)9-19(20)14-5-6-24-16(7-14)10-23;1-10(2)14-6-12(17)7-15(16(14)21-9-19)11-3-4-20-13(5-11)8-18;1-2-7-3-5(4-7)10(6,8)9/h5-9,13,17H,4,11-12H2,1-3H3,(H2,25,26,28);3-7,10H,1-2H3;5H,2-4H2,1H3,(H2,6,8,9). The quantitative estimate of drug-likeness (QED) is 0.152. The Labute approximate surface area is 361 Å². The van der Waals surface area contributed by atoms with Gasteiger partial charge in [0.1, 0.15) is 45.7 Å². The number of anilines is 1. The topological polar surface area (TPSA) is 248 Å². The average Bonchev–Trinajstić information content (AvgIpc) is 3.17. The Balaban J connectivity index is 0.000000233. The van der Waals surface area contributed by atoms with Gasteiger partial charge < -0.3 is 19.9 Å². The van der Waals surface area contributed by atoms with E-state index in [1.807, 2.05) is 63.5 Å². The fourth-order valence-electron chi connectivity index (χ4n) is 6.50. The first-order valence-corrected chi connectivity index (χ1v) is 22.6. The molecule has 4 heterocycles. The summed E-state index contributed by atoms with van der Waals surface area (Å²) < 4.78 is 81.6. The Morgan fingerprint density at radius 2 is 1.26 bits per heavy atom. The second kappa shape index (κ2) is 21.1. The number of urea groups is 1. The lowest BCUT2D eigenvalue weighted by molar-refractivity contribution is 0.194. The lowest BCUT2D eigenvalue weighted by Crippen LogP contribution is -2.58. The first-order chi connectivity index (χ1) is 29.2. The third-order valence-electron chi connectivity index (χ3n) is 10.1. The average molecular weight is 891 g/mol. The van der Waals surface area contributed by atoms with Gasteiger partial charge in [-0.3, -0.25) is 0 Å². The Morgan fingerprint density at radius 1 is 0.790 bits per heavy atom. The number of nitriles is 3. The van der Waals surface area contributed by atoms with Gasteiger partial charge in [0, 0.05) is 55.3 Å². The number of nitrogens with two attached hydrogens (primary N) is 1. The van der Waals surface area contributed by atoms with Crippen molar-refractivity contribution in [3.05, 3.63) is 95.1 Å². The molecule has 2 aliphatic rings. The van der Waals surface area contributed by atoms with Gasteiger partial charge in [0.25, 0.3) is 6.26 Å². The highest BCUT2D eigenvalue weighted by Crippen LogP contribution is 2.38. The summed E-state index contributed by atoms with van der Waals surface area (Å²) >= 11 is 0. The van der Waals surface area contributed by atoms with Gasteiger partial charge >= 0.3 is 6.03 Å². The number of hydrogen-bond donors (Lipinski definition) is 3. The van der Waals surface area contributed by atoms with E-state index < -0.39 is 43.0 Å². The van der Waals surface area contributed by atoms with Crippen molar-refractivity contribution in [1.82, 2.24) is 24.5 Å². The number of sulfonamides is 2. The summed E-state index contributed by atoms with van der Waals surface area (Å²) in [5.41, 5.74) is 3.54. The van der Waals surface area contributed by atoms with Crippen LogP contribution in [-0.4, -0.2) is 92.4 Å². The summed E-state index contributed by atoms with van der Waals surface area (Å²) in [6, 6.07) is 14.4. The molecule has 0 bridgehead atoms. The predicted octanol–water partition coefficient (Wildman–Crippen LogP) is 5.76. The smallest absolute Gasteiger partial charge is 0.332 e. The Kier molecular flexibility index (Phi) is 16.6. The van der Waals surface area contributed by atoms with Crippen molar-refractivity contribution in [2.24, 2.45) is 5.14 Å². The molecule has 0 radical (unpaired) electrons. The van der Waals surface area contributed by atoms with Crippen LogP contribution in [0.25, 0.3) is 22.3 Å². The summed E-state index contributed by atoms with van der Waals surface area (Å²) in [5.74, 6) is -0.802. The maximum absolute atomic E-state index is 14.4. The van der Waals surface area contributed by atoms with E-state index >= 15 is 0 Å². The Hall–Kier alpha value is -6.08. The number of benzene rings is 2. The van der Waals surface area contributed by atoms with Crippen molar-refractivity contribution >= 4 is 31.8 Å². The number of amides is 2. The molecule has 4 N–H and O–H groups in total. The lowest BCUT2D eigenvalue weighted by atomic mass is 9.94. The third-order valence-corrected chi connectivity index (χ3v) is 13.0. The summed E-state index contributed by atoms with van der Waals surface area (Å²) in [4.78, 5) is 24.4. The molecule has 6 rings (SSSR count). The van der Waals surface area contributed by atoms with Crippen molar-refractivity contribution in [2.75, 3.05) is 44.6 Å². The molecule has 20 heteroatoms. The molecule has 0 unspecified atom stereocenters. The third kappa shape index (κ3) is 12.5. The number of nitrogens with one attached hydrogen (secondary N) is 2. The van der Waals surface area contributed by atoms with Crippen LogP contribution >= 0.6 is 0 Å². The minimum absolute atomic E-state index is 0.0138. The largest absolute Gasteiger partial charge is 0.387 e. The number of hydrogen-bond acceptors (Lipinski definition) is 13. The van der Waals surface area contributed by atoms with Crippen LogP contribution in [0.2, 0.25) is 0 Å². The number of primary sulfonamides is 1. The highest BCUT2D eigenvalue weighted by Gasteiger charge is 2.37. The van der Waals surface area contributed by atoms with E-state index in [0.29, 0.717) is 65.3 Å². The van der Waals surface area contributed by atoms with Crippen LogP contribution in [0, 0.1) is 45.8 Å². The molecule has 2 aromatic heterocycles. The Bertz CT molecular complexity index is 2610. The van der Waals surface area contributed by atoms with E-state index in [2.05, 4.69) is 20.0 Å². The Morgan fingerprint density at radius 3 is 1.71 bits per heavy atom. The molecule has 0 aliphatic carbocycles. The first-order valence-electron chi connectivity index (χ1n) is 19.5. The van der Waals surface area contributed by atoms with Gasteiger partial charge in [-0.05, 0) is 90.1 Å². The molecule has 328 valence electrons.